The molecule has 0 saturated heterocycles. The fourth-order valence-electron chi connectivity index (χ4n) is 5.32. The van der Waals surface area contributed by atoms with Crippen LogP contribution in [0.15, 0.2) is 40.8 Å². The molecule has 0 spiro atoms. The Kier molecular flexibility index (Phi) is 5.43. The Labute approximate surface area is 193 Å². The van der Waals surface area contributed by atoms with Gasteiger partial charge in [0.25, 0.3) is 5.91 Å². The van der Waals surface area contributed by atoms with Crippen LogP contribution in [-0.2, 0) is 11.3 Å². The predicted octanol–water partition coefficient (Wildman–Crippen LogP) is 4.81. The summed E-state index contributed by atoms with van der Waals surface area (Å²) < 4.78 is 13.1. The first-order chi connectivity index (χ1) is 15.9. The monoisotopic (exact) mass is 449 g/mol. The van der Waals surface area contributed by atoms with Crippen LogP contribution in [0.3, 0.4) is 0 Å². The number of furan rings is 1. The molecular formula is C26H31N3O4. The van der Waals surface area contributed by atoms with E-state index in [0.29, 0.717) is 29.3 Å². The van der Waals surface area contributed by atoms with Crippen LogP contribution in [-0.4, -0.2) is 35.1 Å². The zero-order valence-electron chi connectivity index (χ0n) is 19.5. The Morgan fingerprint density at radius 3 is 2.64 bits per heavy atom. The van der Waals surface area contributed by atoms with Crippen molar-refractivity contribution >= 4 is 28.6 Å². The third kappa shape index (κ3) is 3.69. The minimum atomic E-state index is -1.11. The Bertz CT molecular complexity index is 1200. The number of carbonyl (C=O) groups is 2. The van der Waals surface area contributed by atoms with Crippen molar-refractivity contribution in [2.24, 2.45) is 0 Å². The van der Waals surface area contributed by atoms with Crippen LogP contribution in [0, 0.1) is 6.92 Å². The van der Waals surface area contributed by atoms with E-state index in [1.165, 1.54) is 12.8 Å². The van der Waals surface area contributed by atoms with E-state index < -0.39 is 5.54 Å². The van der Waals surface area contributed by atoms with E-state index in [2.05, 4.69) is 5.32 Å². The summed E-state index contributed by atoms with van der Waals surface area (Å²) in [6.07, 6.45) is 6.63. The van der Waals surface area contributed by atoms with Gasteiger partial charge in [-0.25, -0.2) is 0 Å². The molecule has 3 heterocycles. The number of methoxy groups -OCH3 is 1. The molecule has 1 saturated carbocycles. The number of ether oxygens (including phenoxy) is 1. The number of carbonyl (C=O) groups excluding carboxylic acids is 2. The molecular weight excluding hydrogens is 418 g/mol. The van der Waals surface area contributed by atoms with Gasteiger partial charge in [-0.1, -0.05) is 31.7 Å². The molecule has 0 unspecified atom stereocenters. The van der Waals surface area contributed by atoms with Crippen LogP contribution in [0.1, 0.15) is 61.7 Å². The number of nitrogens with one attached hydrogen (secondary N) is 1. The van der Waals surface area contributed by atoms with E-state index in [1.807, 2.05) is 48.7 Å². The topological polar surface area (TPSA) is 76.7 Å². The third-order valence-corrected chi connectivity index (χ3v) is 7.09. The number of rotatable bonds is 4. The van der Waals surface area contributed by atoms with Gasteiger partial charge in [0, 0.05) is 29.9 Å². The Balaban J connectivity index is 1.59. The molecule has 174 valence electrons. The number of aromatic nitrogens is 1. The Morgan fingerprint density at radius 2 is 1.91 bits per heavy atom. The van der Waals surface area contributed by atoms with Crippen molar-refractivity contribution in [1.29, 1.82) is 0 Å². The second kappa shape index (κ2) is 8.28. The first-order valence-corrected chi connectivity index (χ1v) is 11.8. The highest BCUT2D eigenvalue weighted by Gasteiger charge is 2.49. The minimum absolute atomic E-state index is 0.127. The molecule has 5 rings (SSSR count). The van der Waals surface area contributed by atoms with E-state index >= 15 is 0 Å². The molecule has 7 nitrogen and oxygen atoms in total. The third-order valence-electron chi connectivity index (χ3n) is 7.09. The van der Waals surface area contributed by atoms with Crippen LogP contribution < -0.4 is 15.0 Å². The lowest BCUT2D eigenvalue weighted by Gasteiger charge is -2.44. The molecule has 2 aromatic heterocycles. The summed E-state index contributed by atoms with van der Waals surface area (Å²) in [6, 6.07) is 11.2. The van der Waals surface area contributed by atoms with Crippen LogP contribution in [0.5, 0.6) is 5.75 Å². The summed E-state index contributed by atoms with van der Waals surface area (Å²) in [5, 5.41) is 3.29. The van der Waals surface area contributed by atoms with Crippen molar-refractivity contribution in [3.8, 4) is 5.75 Å². The zero-order chi connectivity index (χ0) is 23.2. The molecule has 1 aromatic carbocycles. The van der Waals surface area contributed by atoms with Crippen molar-refractivity contribution < 1.29 is 18.7 Å². The summed E-state index contributed by atoms with van der Waals surface area (Å²) in [5.74, 6) is 1.06. The first kappa shape index (κ1) is 21.6. The fourth-order valence-corrected chi connectivity index (χ4v) is 5.32. The van der Waals surface area contributed by atoms with Crippen LogP contribution >= 0.6 is 0 Å². The molecule has 3 aromatic rings. The lowest BCUT2D eigenvalue weighted by Crippen LogP contribution is -2.65. The first-order valence-electron chi connectivity index (χ1n) is 11.8. The van der Waals surface area contributed by atoms with Crippen molar-refractivity contribution in [1.82, 2.24) is 9.88 Å². The van der Waals surface area contributed by atoms with E-state index in [4.69, 9.17) is 9.15 Å². The number of aryl methyl sites for hydroxylation is 1. The van der Waals surface area contributed by atoms with Gasteiger partial charge in [-0.15, -0.1) is 0 Å². The number of benzene rings is 1. The molecule has 7 heteroatoms. The zero-order valence-corrected chi connectivity index (χ0v) is 19.5. The van der Waals surface area contributed by atoms with Gasteiger partial charge in [-0.05, 0) is 38.8 Å². The second-order valence-electron chi connectivity index (χ2n) is 9.50. The average molecular weight is 450 g/mol. The molecule has 1 aliphatic carbocycles. The summed E-state index contributed by atoms with van der Waals surface area (Å²) >= 11 is 0. The van der Waals surface area contributed by atoms with E-state index in [0.717, 1.165) is 37.0 Å². The van der Waals surface area contributed by atoms with Gasteiger partial charge in [0.05, 0.1) is 19.2 Å². The maximum absolute atomic E-state index is 13.9. The number of fused-ring (bicyclic) bond motifs is 3. The molecule has 1 aliphatic heterocycles. The van der Waals surface area contributed by atoms with Gasteiger partial charge < -0.3 is 19.0 Å². The van der Waals surface area contributed by atoms with Gasteiger partial charge in [0.15, 0.2) is 5.58 Å². The molecule has 2 aliphatic rings. The van der Waals surface area contributed by atoms with Gasteiger partial charge in [0.1, 0.15) is 22.7 Å². The lowest BCUT2D eigenvalue weighted by molar-refractivity contribution is -0.127. The Hall–Kier alpha value is -3.22. The molecule has 0 radical (unpaired) electrons. The van der Waals surface area contributed by atoms with Crippen LogP contribution in [0.25, 0.3) is 11.1 Å². The summed E-state index contributed by atoms with van der Waals surface area (Å²) in [4.78, 5) is 29.4. The van der Waals surface area contributed by atoms with Crippen molar-refractivity contribution in [3.63, 3.8) is 0 Å². The lowest BCUT2D eigenvalue weighted by atomic mass is 9.92. The second-order valence-corrected chi connectivity index (χ2v) is 9.50. The van der Waals surface area contributed by atoms with E-state index in [-0.39, 0.29) is 17.9 Å². The number of anilines is 1. The largest absolute Gasteiger partial charge is 0.497 e. The quantitative estimate of drug-likeness (QED) is 0.580. The number of hydrogen-bond acceptors (Lipinski definition) is 4. The van der Waals surface area contributed by atoms with Gasteiger partial charge in [-0.2, -0.15) is 0 Å². The molecule has 1 N–H and O–H groups in total. The highest BCUT2D eigenvalue weighted by atomic mass is 16.5. The molecule has 0 bridgehead atoms. The van der Waals surface area contributed by atoms with Crippen LogP contribution in [0.2, 0.25) is 0 Å². The predicted molar refractivity (Wildman–Crippen MR) is 127 cm³/mol. The van der Waals surface area contributed by atoms with Crippen molar-refractivity contribution in [3.05, 3.63) is 47.9 Å². The number of nitrogens with zero attached hydrogens (tertiary/aromatic N) is 2. The summed E-state index contributed by atoms with van der Waals surface area (Å²) in [7, 11) is 1.59. The van der Waals surface area contributed by atoms with E-state index in [1.54, 1.807) is 18.1 Å². The van der Waals surface area contributed by atoms with Crippen LogP contribution in [0.4, 0.5) is 5.69 Å². The highest BCUT2D eigenvalue weighted by Crippen LogP contribution is 2.38. The molecule has 1 atom stereocenters. The van der Waals surface area contributed by atoms with Gasteiger partial charge >= 0.3 is 0 Å². The molecule has 1 fully saturated rings. The SMILES string of the molecule is COc1cccc(N2C(=O)c3cc4oc(C)cc4n3C[C@@]2(C)C(=O)NC2CCCCCC2)c1. The van der Waals surface area contributed by atoms with Crippen molar-refractivity contribution in [2.75, 3.05) is 12.0 Å². The van der Waals surface area contributed by atoms with E-state index in [9.17, 15) is 9.59 Å². The number of amides is 2. The normalized spacial score (nSPS) is 21.7. The van der Waals surface area contributed by atoms with Crippen molar-refractivity contribution in [2.45, 2.75) is 70.5 Å². The Morgan fingerprint density at radius 1 is 1.15 bits per heavy atom. The van der Waals surface area contributed by atoms with Gasteiger partial charge in [0.2, 0.25) is 5.91 Å². The smallest absolute Gasteiger partial charge is 0.276 e. The standard InChI is InChI=1S/C26H31N3O4/c1-17-13-21-23(33-17)15-22-24(30)29(19-11-8-12-20(14-19)32-3)26(2,16-28(21)22)25(31)27-18-9-6-4-5-7-10-18/h8,11-15,18H,4-7,9-10,16H2,1-3H3,(H,27,31)/t26-/m0/s1. The minimum Gasteiger partial charge on any atom is -0.497 e. The molecule has 2 amide bonds. The maximum atomic E-state index is 13.9. The van der Waals surface area contributed by atoms with Gasteiger partial charge in [-0.3, -0.25) is 14.5 Å². The molecule has 33 heavy (non-hydrogen) atoms. The average Bonchev–Trinajstić information content (AvgIpc) is 3.19. The maximum Gasteiger partial charge on any atom is 0.276 e. The highest BCUT2D eigenvalue weighted by molar-refractivity contribution is 6.13. The fraction of sp³-hybridized carbons (Fsp3) is 0.462. The number of hydrogen-bond donors (Lipinski definition) is 1. The summed E-state index contributed by atoms with van der Waals surface area (Å²) in [6.45, 7) is 4.09. The summed E-state index contributed by atoms with van der Waals surface area (Å²) in [5.41, 5.74) is 1.55.